The van der Waals surface area contributed by atoms with E-state index in [1.807, 2.05) is 56.4 Å². The van der Waals surface area contributed by atoms with Gasteiger partial charge in [-0.2, -0.15) is 4.98 Å². The number of nitrogens with one attached hydrogen (secondary N) is 1. The van der Waals surface area contributed by atoms with Gasteiger partial charge in [-0.05, 0) is 37.1 Å². The Bertz CT molecular complexity index is 1150. The van der Waals surface area contributed by atoms with E-state index < -0.39 is 0 Å². The predicted molar refractivity (Wildman–Crippen MR) is 117 cm³/mol. The van der Waals surface area contributed by atoms with Gasteiger partial charge < -0.3 is 14.4 Å². The number of nitrogens with zero attached hydrogens (tertiary/aromatic N) is 3. The maximum atomic E-state index is 12.9. The molecule has 0 saturated heterocycles. The van der Waals surface area contributed by atoms with E-state index in [9.17, 15) is 4.79 Å². The molecule has 30 heavy (non-hydrogen) atoms. The molecule has 154 valence electrons. The highest BCUT2D eigenvalue weighted by atomic mass is 16.5. The van der Waals surface area contributed by atoms with Crippen LogP contribution < -0.4 is 0 Å². The standard InChI is InChI=1S/C24H26N4O2/c1-4-19(17-8-6-5-7-9-17)24(29)28(3)13-12-22-26-23(30-27-22)21-15-18-14-16(2)10-11-20(18)25-21/h5-11,14-15,19,25H,4,12-13H2,1-3H3. The number of likely N-dealkylation sites (N-methyl/N-ethyl adjacent to an activating group) is 1. The van der Waals surface area contributed by atoms with E-state index in [-0.39, 0.29) is 11.8 Å². The first kappa shape index (κ1) is 19.9. The van der Waals surface area contributed by atoms with E-state index >= 15 is 0 Å². The van der Waals surface area contributed by atoms with Crippen LogP contribution in [0, 0.1) is 6.92 Å². The van der Waals surface area contributed by atoms with E-state index in [2.05, 4.69) is 34.2 Å². The Hall–Kier alpha value is -3.41. The van der Waals surface area contributed by atoms with Gasteiger partial charge in [0.05, 0.1) is 5.92 Å². The van der Waals surface area contributed by atoms with Crippen molar-refractivity contribution in [3.8, 4) is 11.6 Å². The van der Waals surface area contributed by atoms with Crippen LogP contribution in [0.2, 0.25) is 0 Å². The molecule has 1 atom stereocenters. The summed E-state index contributed by atoms with van der Waals surface area (Å²) >= 11 is 0. The van der Waals surface area contributed by atoms with Crippen LogP contribution in [0.1, 0.15) is 36.2 Å². The average molecular weight is 402 g/mol. The fourth-order valence-corrected chi connectivity index (χ4v) is 3.71. The van der Waals surface area contributed by atoms with Gasteiger partial charge in [-0.1, -0.05) is 54.0 Å². The first-order valence-corrected chi connectivity index (χ1v) is 10.3. The fourth-order valence-electron chi connectivity index (χ4n) is 3.71. The minimum absolute atomic E-state index is 0.110. The molecule has 1 amide bonds. The van der Waals surface area contributed by atoms with Crippen LogP contribution in [0.5, 0.6) is 0 Å². The smallest absolute Gasteiger partial charge is 0.274 e. The Morgan fingerprint density at radius 1 is 1.17 bits per heavy atom. The zero-order valence-corrected chi connectivity index (χ0v) is 17.6. The highest BCUT2D eigenvalue weighted by Gasteiger charge is 2.22. The number of aryl methyl sites for hydroxylation is 1. The first-order valence-electron chi connectivity index (χ1n) is 10.3. The maximum Gasteiger partial charge on any atom is 0.274 e. The largest absolute Gasteiger partial charge is 0.351 e. The monoisotopic (exact) mass is 402 g/mol. The molecule has 0 saturated carbocycles. The zero-order chi connectivity index (χ0) is 21.1. The molecule has 4 rings (SSSR count). The normalized spacial score (nSPS) is 12.2. The van der Waals surface area contributed by atoms with Gasteiger partial charge in [0.25, 0.3) is 5.89 Å². The summed E-state index contributed by atoms with van der Waals surface area (Å²) in [4.78, 5) is 22.5. The second-order valence-electron chi connectivity index (χ2n) is 7.67. The van der Waals surface area contributed by atoms with E-state index in [0.717, 1.165) is 28.6 Å². The molecule has 0 radical (unpaired) electrons. The third-order valence-corrected chi connectivity index (χ3v) is 5.43. The summed E-state index contributed by atoms with van der Waals surface area (Å²) in [5, 5.41) is 5.20. The Morgan fingerprint density at radius 2 is 1.97 bits per heavy atom. The highest BCUT2D eigenvalue weighted by Crippen LogP contribution is 2.24. The van der Waals surface area contributed by atoms with Crippen LogP contribution in [-0.2, 0) is 11.2 Å². The van der Waals surface area contributed by atoms with Crippen LogP contribution in [0.15, 0.2) is 59.1 Å². The first-order chi connectivity index (χ1) is 14.5. The van der Waals surface area contributed by atoms with Crippen molar-refractivity contribution in [1.82, 2.24) is 20.0 Å². The summed E-state index contributed by atoms with van der Waals surface area (Å²) < 4.78 is 5.45. The van der Waals surface area contributed by atoms with Crippen molar-refractivity contribution in [2.75, 3.05) is 13.6 Å². The molecule has 0 spiro atoms. The lowest BCUT2D eigenvalue weighted by Gasteiger charge is -2.23. The summed E-state index contributed by atoms with van der Waals surface area (Å²) in [6, 6.07) is 18.2. The number of hydrogen-bond acceptors (Lipinski definition) is 4. The number of fused-ring (bicyclic) bond motifs is 1. The number of aromatic nitrogens is 3. The van der Waals surface area contributed by atoms with Crippen molar-refractivity contribution >= 4 is 16.8 Å². The van der Waals surface area contributed by atoms with Gasteiger partial charge in [0.1, 0.15) is 5.69 Å². The van der Waals surface area contributed by atoms with Gasteiger partial charge >= 0.3 is 0 Å². The fraction of sp³-hybridized carbons (Fsp3) is 0.292. The maximum absolute atomic E-state index is 12.9. The van der Waals surface area contributed by atoms with Crippen molar-refractivity contribution in [3.05, 3.63) is 71.5 Å². The van der Waals surface area contributed by atoms with Crippen LogP contribution >= 0.6 is 0 Å². The van der Waals surface area contributed by atoms with Crippen LogP contribution in [0.3, 0.4) is 0 Å². The summed E-state index contributed by atoms with van der Waals surface area (Å²) in [7, 11) is 1.83. The summed E-state index contributed by atoms with van der Waals surface area (Å²) in [5.41, 5.74) is 4.08. The van der Waals surface area contributed by atoms with E-state index in [1.165, 1.54) is 5.56 Å². The SMILES string of the molecule is CCC(C(=O)N(C)CCc1noc(-c2cc3cc(C)ccc3[nH]2)n1)c1ccccc1. The van der Waals surface area contributed by atoms with Gasteiger partial charge in [0.2, 0.25) is 5.91 Å². The van der Waals surface area contributed by atoms with Crippen molar-refractivity contribution in [2.45, 2.75) is 32.6 Å². The molecule has 1 unspecified atom stereocenters. The molecule has 4 aromatic rings. The van der Waals surface area contributed by atoms with Crippen LogP contribution in [0.25, 0.3) is 22.5 Å². The topological polar surface area (TPSA) is 75.0 Å². The van der Waals surface area contributed by atoms with Gasteiger partial charge in [0, 0.05) is 30.9 Å². The number of carbonyl (C=O) groups is 1. The second-order valence-corrected chi connectivity index (χ2v) is 7.67. The van der Waals surface area contributed by atoms with Crippen molar-refractivity contribution in [2.24, 2.45) is 0 Å². The lowest BCUT2D eigenvalue weighted by atomic mass is 9.95. The summed E-state index contributed by atoms with van der Waals surface area (Å²) in [6.45, 7) is 4.64. The Balaban J connectivity index is 1.41. The Labute approximate surface area is 175 Å². The molecule has 6 nitrogen and oxygen atoms in total. The molecule has 2 heterocycles. The molecule has 0 aliphatic rings. The molecule has 0 fully saturated rings. The highest BCUT2D eigenvalue weighted by molar-refractivity contribution is 5.85. The summed E-state index contributed by atoms with van der Waals surface area (Å²) in [5.74, 6) is 1.03. The third kappa shape index (κ3) is 4.13. The molecule has 2 aromatic heterocycles. The van der Waals surface area contributed by atoms with Gasteiger partial charge in [0.15, 0.2) is 5.82 Å². The van der Waals surface area contributed by atoms with Gasteiger partial charge in [-0.3, -0.25) is 4.79 Å². The van der Waals surface area contributed by atoms with Crippen LogP contribution in [-0.4, -0.2) is 39.5 Å². The number of hydrogen-bond donors (Lipinski definition) is 1. The number of H-pyrrole nitrogens is 1. The minimum Gasteiger partial charge on any atom is -0.351 e. The predicted octanol–water partition coefficient (Wildman–Crippen LogP) is 4.72. The van der Waals surface area contributed by atoms with E-state index in [4.69, 9.17) is 4.52 Å². The second kappa shape index (κ2) is 8.53. The van der Waals surface area contributed by atoms with Crippen molar-refractivity contribution in [3.63, 3.8) is 0 Å². The molecule has 0 aliphatic heterocycles. The Kier molecular flexibility index (Phi) is 5.65. The molecular weight excluding hydrogens is 376 g/mol. The zero-order valence-electron chi connectivity index (χ0n) is 17.6. The number of aromatic amines is 1. The average Bonchev–Trinajstić information content (AvgIpc) is 3.39. The molecule has 0 bridgehead atoms. The van der Waals surface area contributed by atoms with Gasteiger partial charge in [-0.25, -0.2) is 0 Å². The lowest BCUT2D eigenvalue weighted by Crippen LogP contribution is -2.33. The third-order valence-electron chi connectivity index (χ3n) is 5.43. The number of benzene rings is 2. The van der Waals surface area contributed by atoms with Crippen molar-refractivity contribution in [1.29, 1.82) is 0 Å². The van der Waals surface area contributed by atoms with E-state index in [0.29, 0.717) is 24.7 Å². The lowest BCUT2D eigenvalue weighted by molar-refractivity contribution is -0.131. The van der Waals surface area contributed by atoms with Gasteiger partial charge in [-0.15, -0.1) is 0 Å². The molecular formula is C24H26N4O2. The number of amides is 1. The van der Waals surface area contributed by atoms with Crippen molar-refractivity contribution < 1.29 is 9.32 Å². The Morgan fingerprint density at radius 3 is 2.73 bits per heavy atom. The molecule has 1 N–H and O–H groups in total. The number of carbonyl (C=O) groups excluding carboxylic acids is 1. The van der Waals surface area contributed by atoms with Crippen LogP contribution in [0.4, 0.5) is 0 Å². The molecule has 0 aliphatic carbocycles. The molecule has 2 aromatic carbocycles. The number of rotatable bonds is 7. The van der Waals surface area contributed by atoms with E-state index in [1.54, 1.807) is 4.90 Å². The minimum atomic E-state index is -0.133. The summed E-state index contributed by atoms with van der Waals surface area (Å²) in [6.07, 6.45) is 1.30. The molecule has 6 heteroatoms. The quantitative estimate of drug-likeness (QED) is 0.485.